The summed E-state index contributed by atoms with van der Waals surface area (Å²) in [5.74, 6) is 2.42. The van der Waals surface area contributed by atoms with Crippen LogP contribution in [0.15, 0.2) is 12.3 Å². The van der Waals surface area contributed by atoms with Crippen LogP contribution in [0, 0.1) is 11.3 Å². The third-order valence-electron chi connectivity index (χ3n) is 4.58. The largest absolute Gasteiger partial charge is 0.328 e. The average molecular weight is 275 g/mol. The molecule has 1 aromatic heterocycles. The van der Waals surface area contributed by atoms with Gasteiger partial charge in [-0.3, -0.25) is 0 Å². The van der Waals surface area contributed by atoms with E-state index in [-0.39, 0.29) is 6.04 Å². The smallest absolute Gasteiger partial charge is 0.131 e. The molecule has 1 aliphatic carbocycles. The molecule has 0 radical (unpaired) electrons. The molecular formula is C17H29N3. The third-order valence-corrected chi connectivity index (χ3v) is 4.58. The van der Waals surface area contributed by atoms with Crippen LogP contribution in [-0.4, -0.2) is 16.0 Å². The summed E-state index contributed by atoms with van der Waals surface area (Å²) in [6.45, 7) is 9.10. The number of nitrogens with zero attached hydrogens (tertiary/aromatic N) is 2. The van der Waals surface area contributed by atoms with E-state index in [2.05, 4.69) is 25.8 Å². The first kappa shape index (κ1) is 15.4. The second-order valence-corrected chi connectivity index (χ2v) is 7.50. The summed E-state index contributed by atoms with van der Waals surface area (Å²) in [4.78, 5) is 9.24. The van der Waals surface area contributed by atoms with Crippen molar-refractivity contribution in [1.29, 1.82) is 0 Å². The Kier molecular flexibility index (Phi) is 4.79. The molecule has 2 rings (SSSR count). The molecule has 1 aliphatic rings. The first-order valence-electron chi connectivity index (χ1n) is 7.93. The second-order valence-electron chi connectivity index (χ2n) is 7.50. The van der Waals surface area contributed by atoms with Crippen molar-refractivity contribution >= 4 is 0 Å². The number of hydrogen-bond donors (Lipinski definition) is 1. The summed E-state index contributed by atoms with van der Waals surface area (Å²) in [5.41, 5.74) is 7.38. The SMILES string of the molecule is CC(N)Cc1ccnc(C2CCC(C(C)(C)C)CC2)n1. The highest BCUT2D eigenvalue weighted by Crippen LogP contribution is 2.42. The van der Waals surface area contributed by atoms with Crippen LogP contribution in [0.2, 0.25) is 0 Å². The van der Waals surface area contributed by atoms with Crippen molar-refractivity contribution in [3.05, 3.63) is 23.8 Å². The first-order chi connectivity index (χ1) is 9.36. The summed E-state index contributed by atoms with van der Waals surface area (Å²) in [6, 6.07) is 2.16. The molecule has 2 N–H and O–H groups in total. The Hall–Kier alpha value is -0.960. The van der Waals surface area contributed by atoms with Crippen LogP contribution in [0.4, 0.5) is 0 Å². The predicted molar refractivity (Wildman–Crippen MR) is 83.5 cm³/mol. The van der Waals surface area contributed by atoms with Gasteiger partial charge in [-0.25, -0.2) is 9.97 Å². The lowest BCUT2D eigenvalue weighted by Crippen LogP contribution is -2.26. The molecule has 1 unspecified atom stereocenters. The van der Waals surface area contributed by atoms with Crippen molar-refractivity contribution in [2.24, 2.45) is 17.1 Å². The van der Waals surface area contributed by atoms with Gasteiger partial charge < -0.3 is 5.73 Å². The van der Waals surface area contributed by atoms with E-state index in [1.54, 1.807) is 0 Å². The van der Waals surface area contributed by atoms with Gasteiger partial charge in [0.25, 0.3) is 0 Å². The zero-order chi connectivity index (χ0) is 14.8. The standard InChI is InChI=1S/C17H29N3/c1-12(18)11-15-9-10-19-16(20-15)13-5-7-14(8-6-13)17(2,3)4/h9-10,12-14H,5-8,11,18H2,1-4H3. The zero-order valence-electron chi connectivity index (χ0n) is 13.4. The van der Waals surface area contributed by atoms with E-state index in [1.165, 1.54) is 25.7 Å². The summed E-state index contributed by atoms with van der Waals surface area (Å²) < 4.78 is 0. The molecule has 0 spiro atoms. The van der Waals surface area contributed by atoms with Crippen LogP contribution in [0.25, 0.3) is 0 Å². The highest BCUT2D eigenvalue weighted by molar-refractivity contribution is 5.08. The molecule has 1 heterocycles. The maximum absolute atomic E-state index is 5.86. The molecule has 3 nitrogen and oxygen atoms in total. The first-order valence-corrected chi connectivity index (χ1v) is 7.93. The van der Waals surface area contributed by atoms with Crippen molar-refractivity contribution in [2.45, 2.75) is 71.8 Å². The molecular weight excluding hydrogens is 246 g/mol. The van der Waals surface area contributed by atoms with Gasteiger partial charge in [-0.05, 0) is 50.0 Å². The Morgan fingerprint density at radius 2 is 1.90 bits per heavy atom. The Balaban J connectivity index is 2.00. The minimum atomic E-state index is 0.161. The molecule has 0 amide bonds. The molecule has 20 heavy (non-hydrogen) atoms. The van der Waals surface area contributed by atoms with Crippen LogP contribution in [0.5, 0.6) is 0 Å². The van der Waals surface area contributed by atoms with Gasteiger partial charge >= 0.3 is 0 Å². The molecule has 0 aromatic carbocycles. The molecule has 0 aliphatic heterocycles. The molecule has 1 atom stereocenters. The monoisotopic (exact) mass is 275 g/mol. The summed E-state index contributed by atoms with van der Waals surface area (Å²) in [7, 11) is 0. The highest BCUT2D eigenvalue weighted by atomic mass is 14.9. The van der Waals surface area contributed by atoms with E-state index in [1.807, 2.05) is 19.2 Å². The number of rotatable bonds is 3. The van der Waals surface area contributed by atoms with E-state index < -0.39 is 0 Å². The van der Waals surface area contributed by atoms with E-state index >= 15 is 0 Å². The van der Waals surface area contributed by atoms with Crippen molar-refractivity contribution in [3.63, 3.8) is 0 Å². The van der Waals surface area contributed by atoms with Crippen molar-refractivity contribution in [3.8, 4) is 0 Å². The molecule has 1 aromatic rings. The van der Waals surface area contributed by atoms with Gasteiger partial charge in [-0.15, -0.1) is 0 Å². The summed E-state index contributed by atoms with van der Waals surface area (Å²) in [5, 5.41) is 0. The molecule has 3 heteroatoms. The van der Waals surface area contributed by atoms with Crippen molar-refractivity contribution < 1.29 is 0 Å². The van der Waals surface area contributed by atoms with Crippen molar-refractivity contribution in [2.75, 3.05) is 0 Å². The van der Waals surface area contributed by atoms with Gasteiger partial charge in [0.15, 0.2) is 0 Å². The van der Waals surface area contributed by atoms with Gasteiger partial charge in [0.1, 0.15) is 5.82 Å². The number of nitrogens with two attached hydrogens (primary N) is 1. The van der Waals surface area contributed by atoms with Gasteiger partial charge in [-0.2, -0.15) is 0 Å². The normalized spacial score (nSPS) is 25.4. The molecule has 1 fully saturated rings. The van der Waals surface area contributed by atoms with Crippen LogP contribution in [0.3, 0.4) is 0 Å². The maximum Gasteiger partial charge on any atom is 0.131 e. The van der Waals surface area contributed by atoms with Gasteiger partial charge in [0.05, 0.1) is 0 Å². The molecule has 112 valence electrons. The maximum atomic E-state index is 5.86. The lowest BCUT2D eigenvalue weighted by atomic mass is 9.69. The average Bonchev–Trinajstić information content (AvgIpc) is 2.37. The van der Waals surface area contributed by atoms with Crippen LogP contribution < -0.4 is 5.73 Å². The van der Waals surface area contributed by atoms with E-state index in [0.717, 1.165) is 23.9 Å². The Labute approximate surface area is 123 Å². The number of aromatic nitrogens is 2. The zero-order valence-corrected chi connectivity index (χ0v) is 13.4. The fourth-order valence-electron chi connectivity index (χ4n) is 3.27. The van der Waals surface area contributed by atoms with Gasteiger partial charge in [0, 0.05) is 30.3 Å². The topological polar surface area (TPSA) is 51.8 Å². The summed E-state index contributed by atoms with van der Waals surface area (Å²) in [6.07, 6.45) is 7.79. The third kappa shape index (κ3) is 4.02. The van der Waals surface area contributed by atoms with E-state index in [4.69, 9.17) is 10.7 Å². The van der Waals surface area contributed by atoms with Crippen molar-refractivity contribution in [1.82, 2.24) is 9.97 Å². The fourth-order valence-corrected chi connectivity index (χ4v) is 3.27. The fraction of sp³-hybridized carbons (Fsp3) is 0.765. The molecule has 0 bridgehead atoms. The Morgan fingerprint density at radius 1 is 1.25 bits per heavy atom. The van der Waals surface area contributed by atoms with E-state index in [0.29, 0.717) is 11.3 Å². The summed E-state index contributed by atoms with van der Waals surface area (Å²) >= 11 is 0. The van der Waals surface area contributed by atoms with Gasteiger partial charge in [0.2, 0.25) is 0 Å². The Morgan fingerprint density at radius 3 is 2.45 bits per heavy atom. The number of hydrogen-bond acceptors (Lipinski definition) is 3. The van der Waals surface area contributed by atoms with Crippen LogP contribution in [0.1, 0.15) is 70.8 Å². The highest BCUT2D eigenvalue weighted by Gasteiger charge is 2.31. The minimum absolute atomic E-state index is 0.161. The Bertz CT molecular complexity index is 426. The molecule has 0 saturated heterocycles. The van der Waals surface area contributed by atoms with Gasteiger partial charge in [-0.1, -0.05) is 20.8 Å². The second kappa shape index (κ2) is 6.21. The minimum Gasteiger partial charge on any atom is -0.328 e. The van der Waals surface area contributed by atoms with Crippen LogP contribution in [-0.2, 0) is 6.42 Å². The molecule has 1 saturated carbocycles. The quantitative estimate of drug-likeness (QED) is 0.915. The lowest BCUT2D eigenvalue weighted by Gasteiger charge is -2.36. The lowest BCUT2D eigenvalue weighted by molar-refractivity contribution is 0.167. The predicted octanol–water partition coefficient (Wildman–Crippen LogP) is 3.69. The van der Waals surface area contributed by atoms with Crippen LogP contribution >= 0.6 is 0 Å². The van der Waals surface area contributed by atoms with E-state index in [9.17, 15) is 0 Å².